The van der Waals surface area contributed by atoms with Gasteiger partial charge in [-0.3, -0.25) is 0 Å². The minimum absolute atomic E-state index is 0.516. The van der Waals surface area contributed by atoms with Gasteiger partial charge < -0.3 is 20.4 Å². The lowest BCUT2D eigenvalue weighted by atomic mass is 10.0. The van der Waals surface area contributed by atoms with E-state index in [9.17, 15) is 20.4 Å². The minimum Gasteiger partial charge on any atom is -0.389 e. The molecule has 4 heteroatoms. The van der Waals surface area contributed by atoms with Gasteiger partial charge in [-0.2, -0.15) is 0 Å². The third-order valence-corrected chi connectivity index (χ3v) is 8.20. The highest BCUT2D eigenvalue weighted by Gasteiger charge is 2.01. The van der Waals surface area contributed by atoms with Crippen LogP contribution in [0.5, 0.6) is 0 Å². The molecule has 4 unspecified atom stereocenters. The van der Waals surface area contributed by atoms with Gasteiger partial charge in [0.15, 0.2) is 6.10 Å². The summed E-state index contributed by atoms with van der Waals surface area (Å²) in [6.45, 7) is 0. The third-order valence-electron chi connectivity index (χ3n) is 8.20. The molecule has 0 heterocycles. The van der Waals surface area contributed by atoms with Gasteiger partial charge in [0.05, 0.1) is 6.10 Å². The molecule has 0 aliphatic heterocycles. The van der Waals surface area contributed by atoms with Crippen molar-refractivity contribution in [2.75, 3.05) is 0 Å². The summed E-state index contributed by atoms with van der Waals surface area (Å²) in [4.78, 5) is 0. The summed E-state index contributed by atoms with van der Waals surface area (Å²) in [5.41, 5.74) is 0. The first-order chi connectivity index (χ1) is 24.5. The summed E-state index contributed by atoms with van der Waals surface area (Å²) < 4.78 is 0. The zero-order valence-corrected chi connectivity index (χ0v) is 31.0. The fourth-order valence-corrected chi connectivity index (χ4v) is 5.19. The highest BCUT2D eigenvalue weighted by molar-refractivity contribution is 5.24. The maximum absolute atomic E-state index is 9.93. The molecule has 0 aromatic heterocycles. The average molecular weight is 685 g/mol. The van der Waals surface area contributed by atoms with Crippen LogP contribution in [0.25, 0.3) is 0 Å². The molecule has 0 saturated heterocycles. The van der Waals surface area contributed by atoms with Gasteiger partial charge in [0.1, 0.15) is 12.2 Å². The molecule has 0 bridgehead atoms. The molecule has 0 fully saturated rings. The Morgan fingerprint density at radius 1 is 0.440 bits per heavy atom. The van der Waals surface area contributed by atoms with E-state index in [0.29, 0.717) is 0 Å². The van der Waals surface area contributed by atoms with Crippen LogP contribution in [0.2, 0.25) is 0 Å². The fourth-order valence-electron chi connectivity index (χ4n) is 5.19. The molecular formula is C46H68O4. The quantitative estimate of drug-likeness (QED) is 0.0345. The van der Waals surface area contributed by atoms with Crippen molar-refractivity contribution in [2.24, 2.45) is 0 Å². The molecule has 0 rings (SSSR count). The molecule has 4 atom stereocenters. The fraction of sp³-hybridized carbons (Fsp3) is 0.609. The Morgan fingerprint density at radius 2 is 0.900 bits per heavy atom. The van der Waals surface area contributed by atoms with Crippen molar-refractivity contribution in [3.05, 3.63) is 60.8 Å². The van der Waals surface area contributed by atoms with E-state index in [0.717, 1.165) is 83.5 Å². The maximum atomic E-state index is 9.93. The van der Waals surface area contributed by atoms with Crippen molar-refractivity contribution in [3.8, 4) is 48.4 Å². The molecule has 0 aromatic rings. The van der Waals surface area contributed by atoms with E-state index in [1.165, 1.54) is 76.7 Å². The van der Waals surface area contributed by atoms with Crippen LogP contribution in [0.15, 0.2) is 60.8 Å². The van der Waals surface area contributed by atoms with Gasteiger partial charge in [-0.15, -0.1) is 12.8 Å². The lowest BCUT2D eigenvalue weighted by molar-refractivity contribution is 0.205. The summed E-state index contributed by atoms with van der Waals surface area (Å²) in [5.74, 6) is 16.0. The summed E-state index contributed by atoms with van der Waals surface area (Å²) in [6, 6.07) is 0. The van der Waals surface area contributed by atoms with Gasteiger partial charge >= 0.3 is 0 Å². The topological polar surface area (TPSA) is 80.9 Å². The molecule has 0 radical (unpaired) electrons. The number of hydrogen-bond donors (Lipinski definition) is 4. The van der Waals surface area contributed by atoms with Crippen LogP contribution >= 0.6 is 0 Å². The van der Waals surface area contributed by atoms with Gasteiger partial charge in [-0.25, -0.2) is 0 Å². The summed E-state index contributed by atoms with van der Waals surface area (Å²) in [5, 5.41) is 38.3. The van der Waals surface area contributed by atoms with Gasteiger partial charge in [0, 0.05) is 6.42 Å². The van der Waals surface area contributed by atoms with E-state index in [2.05, 4.69) is 65.9 Å². The van der Waals surface area contributed by atoms with E-state index >= 15 is 0 Å². The Kier molecular flexibility index (Phi) is 36.1. The van der Waals surface area contributed by atoms with E-state index in [1.807, 2.05) is 12.2 Å². The van der Waals surface area contributed by atoms with Gasteiger partial charge in [-0.05, 0) is 95.3 Å². The number of allylic oxidation sites excluding steroid dienone is 7. The number of unbranched alkanes of at least 4 members (excludes halogenated alkanes) is 19. The Labute approximate surface area is 307 Å². The van der Waals surface area contributed by atoms with Crippen LogP contribution in [-0.2, 0) is 0 Å². The number of hydrogen-bond acceptors (Lipinski definition) is 4. The van der Waals surface area contributed by atoms with Crippen LogP contribution in [0, 0.1) is 48.4 Å². The van der Waals surface area contributed by atoms with Crippen molar-refractivity contribution in [1.29, 1.82) is 0 Å². The highest BCUT2D eigenvalue weighted by Crippen LogP contribution is 2.13. The summed E-state index contributed by atoms with van der Waals surface area (Å²) >= 11 is 0. The molecule has 4 nitrogen and oxygen atoms in total. The largest absolute Gasteiger partial charge is 0.389 e. The van der Waals surface area contributed by atoms with Crippen molar-refractivity contribution in [3.63, 3.8) is 0 Å². The van der Waals surface area contributed by atoms with Crippen LogP contribution in [0.1, 0.15) is 154 Å². The Morgan fingerprint density at radius 3 is 1.48 bits per heavy atom. The lowest BCUT2D eigenvalue weighted by Gasteiger charge is -2.06. The van der Waals surface area contributed by atoms with Crippen LogP contribution in [-0.4, -0.2) is 44.8 Å². The number of rotatable bonds is 30. The van der Waals surface area contributed by atoms with Crippen molar-refractivity contribution in [2.45, 2.75) is 179 Å². The number of aliphatic hydroxyl groups excluding tert-OH is 4. The summed E-state index contributed by atoms with van der Waals surface area (Å²) in [6.07, 6.45) is 54.0. The molecule has 276 valence electrons. The molecule has 0 saturated carbocycles. The van der Waals surface area contributed by atoms with Crippen LogP contribution < -0.4 is 0 Å². The van der Waals surface area contributed by atoms with Crippen LogP contribution in [0.3, 0.4) is 0 Å². The highest BCUT2D eigenvalue weighted by atomic mass is 16.3. The molecule has 0 spiro atoms. The monoisotopic (exact) mass is 685 g/mol. The molecule has 0 amide bonds. The molecule has 0 aliphatic carbocycles. The zero-order chi connectivity index (χ0) is 36.6. The SMILES string of the molecule is C#CC(O)C=CCCCCCCC=CCCCCC#CC(O)C#CC=CCCC=CCCCCCCCCCCCCC(O)C=CC(O)C#C. The minimum atomic E-state index is -0.906. The second-order valence-corrected chi connectivity index (χ2v) is 12.9. The predicted molar refractivity (Wildman–Crippen MR) is 214 cm³/mol. The Hall–Kier alpha value is -3.22. The molecule has 50 heavy (non-hydrogen) atoms. The predicted octanol–water partition coefficient (Wildman–Crippen LogP) is 9.85. The van der Waals surface area contributed by atoms with E-state index in [-0.39, 0.29) is 0 Å². The van der Waals surface area contributed by atoms with Gasteiger partial charge in [0.25, 0.3) is 0 Å². The van der Waals surface area contributed by atoms with Gasteiger partial charge in [0.2, 0.25) is 0 Å². The van der Waals surface area contributed by atoms with Crippen molar-refractivity contribution in [1.82, 2.24) is 0 Å². The molecule has 0 aliphatic rings. The Bertz CT molecular complexity index is 1140. The Balaban J connectivity index is 3.55. The zero-order valence-electron chi connectivity index (χ0n) is 31.0. The number of terminal acetylenes is 2. The van der Waals surface area contributed by atoms with Crippen molar-refractivity contribution < 1.29 is 20.4 Å². The van der Waals surface area contributed by atoms with Crippen LogP contribution in [0.4, 0.5) is 0 Å². The first-order valence-corrected chi connectivity index (χ1v) is 19.4. The molecule has 0 aromatic carbocycles. The van der Waals surface area contributed by atoms with E-state index in [4.69, 9.17) is 12.8 Å². The maximum Gasteiger partial charge on any atom is 0.176 e. The smallest absolute Gasteiger partial charge is 0.176 e. The second-order valence-electron chi connectivity index (χ2n) is 12.9. The van der Waals surface area contributed by atoms with Crippen molar-refractivity contribution >= 4 is 0 Å². The second kappa shape index (κ2) is 38.6. The first kappa shape index (κ1) is 46.8. The normalized spacial score (nSPS) is 14.0. The number of aliphatic hydroxyl groups is 4. The lowest BCUT2D eigenvalue weighted by Crippen LogP contribution is -2.04. The average Bonchev–Trinajstić information content (AvgIpc) is 3.12. The first-order valence-electron chi connectivity index (χ1n) is 19.4. The van der Waals surface area contributed by atoms with E-state index in [1.54, 1.807) is 12.2 Å². The van der Waals surface area contributed by atoms with Gasteiger partial charge in [-0.1, -0.05) is 149 Å². The molecule has 4 N–H and O–H groups in total. The third kappa shape index (κ3) is 37.6. The standard InChI is InChI=1S/C46H68O4/c1-3-43(47)37-33-29-25-21-17-13-11-12-16-19-23-27-31-35-39-45(49)38-34-30-26-22-18-14-9-7-5-6-8-10-15-20-24-28-32-36-40-46(50)42-41-44(48)4-2/h1-2,9,12,14,16,26,30,33,37,41-50H,5-8,10-11,13,15,17-25,27-29,31-32,36,40H2. The molecular weight excluding hydrogens is 617 g/mol. The van der Waals surface area contributed by atoms with E-state index < -0.39 is 24.4 Å². The summed E-state index contributed by atoms with van der Waals surface area (Å²) in [7, 11) is 0.